The molecule has 0 radical (unpaired) electrons. The van der Waals surface area contributed by atoms with Crippen molar-refractivity contribution in [2.75, 3.05) is 19.0 Å². The molecule has 2 aromatic heterocycles. The standard InChI is InChI=1S/C19H24N4O2/c1-13-19(14(2)22(3)21-13)20-18(24)11-15-12-23(9-10-25-4)17-8-6-5-7-16(15)17/h5-8,12H,9-11H2,1-4H3,(H,20,24). The van der Waals surface area contributed by atoms with Crippen molar-refractivity contribution in [3.05, 3.63) is 47.4 Å². The van der Waals surface area contributed by atoms with Crippen LogP contribution in [0.2, 0.25) is 0 Å². The maximum atomic E-state index is 12.6. The fourth-order valence-corrected chi connectivity index (χ4v) is 3.15. The second-order valence-electron chi connectivity index (χ2n) is 6.25. The van der Waals surface area contributed by atoms with Gasteiger partial charge in [0.2, 0.25) is 5.91 Å². The maximum Gasteiger partial charge on any atom is 0.228 e. The van der Waals surface area contributed by atoms with E-state index in [1.54, 1.807) is 11.8 Å². The molecule has 3 rings (SSSR count). The van der Waals surface area contributed by atoms with Crippen molar-refractivity contribution in [1.82, 2.24) is 14.3 Å². The number of fused-ring (bicyclic) bond motifs is 1. The first kappa shape index (κ1) is 17.2. The third-order valence-corrected chi connectivity index (χ3v) is 4.53. The first-order chi connectivity index (χ1) is 12.0. The summed E-state index contributed by atoms with van der Waals surface area (Å²) in [7, 11) is 3.57. The molecule has 6 heteroatoms. The number of nitrogens with one attached hydrogen (secondary N) is 1. The van der Waals surface area contributed by atoms with Crippen LogP contribution in [-0.4, -0.2) is 34.0 Å². The van der Waals surface area contributed by atoms with E-state index in [4.69, 9.17) is 4.74 Å². The molecular weight excluding hydrogens is 316 g/mol. The molecule has 25 heavy (non-hydrogen) atoms. The Morgan fingerprint density at radius 2 is 2.04 bits per heavy atom. The zero-order chi connectivity index (χ0) is 18.0. The Kier molecular flexibility index (Phi) is 4.90. The minimum absolute atomic E-state index is 0.0335. The number of carbonyl (C=O) groups excluding carboxylic acids is 1. The van der Waals surface area contributed by atoms with Gasteiger partial charge in [0.1, 0.15) is 0 Å². The normalized spacial score (nSPS) is 11.2. The van der Waals surface area contributed by atoms with E-state index in [0.717, 1.165) is 40.1 Å². The van der Waals surface area contributed by atoms with Crippen LogP contribution in [0.4, 0.5) is 5.69 Å². The average molecular weight is 340 g/mol. The van der Waals surface area contributed by atoms with Gasteiger partial charge in [0.05, 0.1) is 30.1 Å². The molecule has 0 atom stereocenters. The van der Waals surface area contributed by atoms with Gasteiger partial charge < -0.3 is 14.6 Å². The fraction of sp³-hybridized carbons (Fsp3) is 0.368. The highest BCUT2D eigenvalue weighted by Gasteiger charge is 2.15. The largest absolute Gasteiger partial charge is 0.383 e. The molecule has 0 saturated heterocycles. The first-order valence-corrected chi connectivity index (χ1v) is 8.37. The Morgan fingerprint density at radius 1 is 1.28 bits per heavy atom. The molecule has 0 unspecified atom stereocenters. The number of hydrogen-bond donors (Lipinski definition) is 1. The van der Waals surface area contributed by atoms with Crippen LogP contribution in [0, 0.1) is 13.8 Å². The van der Waals surface area contributed by atoms with Crippen LogP contribution in [0.1, 0.15) is 17.0 Å². The molecule has 6 nitrogen and oxygen atoms in total. The fourth-order valence-electron chi connectivity index (χ4n) is 3.15. The van der Waals surface area contributed by atoms with Crippen LogP contribution in [0.15, 0.2) is 30.5 Å². The Bertz CT molecular complexity index is 908. The lowest BCUT2D eigenvalue weighted by atomic mass is 10.1. The van der Waals surface area contributed by atoms with Crippen LogP contribution in [0.25, 0.3) is 10.9 Å². The predicted octanol–water partition coefficient (Wildman–Crippen LogP) is 2.82. The van der Waals surface area contributed by atoms with E-state index < -0.39 is 0 Å². The summed E-state index contributed by atoms with van der Waals surface area (Å²) in [5, 5.41) is 8.46. The molecule has 2 heterocycles. The predicted molar refractivity (Wildman–Crippen MR) is 98.8 cm³/mol. The molecular formula is C19H24N4O2. The van der Waals surface area contributed by atoms with E-state index in [1.807, 2.05) is 39.2 Å². The van der Waals surface area contributed by atoms with Crippen molar-refractivity contribution < 1.29 is 9.53 Å². The van der Waals surface area contributed by atoms with Gasteiger partial charge in [0, 0.05) is 37.8 Å². The number of aromatic nitrogens is 3. The Hall–Kier alpha value is -2.60. The van der Waals surface area contributed by atoms with Gasteiger partial charge in [0.25, 0.3) is 0 Å². The topological polar surface area (TPSA) is 61.1 Å². The van der Waals surface area contributed by atoms with Crippen molar-refractivity contribution >= 4 is 22.5 Å². The molecule has 1 aromatic carbocycles. The summed E-state index contributed by atoms with van der Waals surface area (Å²) < 4.78 is 9.10. The minimum Gasteiger partial charge on any atom is -0.383 e. The Morgan fingerprint density at radius 3 is 2.72 bits per heavy atom. The van der Waals surface area contributed by atoms with Gasteiger partial charge in [-0.15, -0.1) is 0 Å². The van der Waals surface area contributed by atoms with Crippen molar-refractivity contribution in [1.29, 1.82) is 0 Å². The lowest BCUT2D eigenvalue weighted by Crippen LogP contribution is -2.15. The van der Waals surface area contributed by atoms with Gasteiger partial charge in [-0.3, -0.25) is 9.48 Å². The number of benzene rings is 1. The zero-order valence-corrected chi connectivity index (χ0v) is 15.2. The molecule has 0 fully saturated rings. The molecule has 3 aromatic rings. The Labute approximate surface area is 147 Å². The van der Waals surface area contributed by atoms with Gasteiger partial charge in [0.15, 0.2) is 0 Å². The number of anilines is 1. The van der Waals surface area contributed by atoms with E-state index in [9.17, 15) is 4.79 Å². The zero-order valence-electron chi connectivity index (χ0n) is 15.2. The van der Waals surface area contributed by atoms with E-state index in [2.05, 4.69) is 27.1 Å². The molecule has 1 N–H and O–H groups in total. The van der Waals surface area contributed by atoms with Crippen LogP contribution >= 0.6 is 0 Å². The monoisotopic (exact) mass is 340 g/mol. The molecule has 0 aliphatic carbocycles. The summed E-state index contributed by atoms with van der Waals surface area (Å²) in [4.78, 5) is 12.6. The third-order valence-electron chi connectivity index (χ3n) is 4.53. The van der Waals surface area contributed by atoms with E-state index in [-0.39, 0.29) is 5.91 Å². The number of rotatable bonds is 6. The highest BCUT2D eigenvalue weighted by molar-refractivity contribution is 5.96. The van der Waals surface area contributed by atoms with Crippen LogP contribution < -0.4 is 5.32 Å². The molecule has 0 saturated carbocycles. The van der Waals surface area contributed by atoms with Crippen molar-refractivity contribution in [2.24, 2.45) is 7.05 Å². The number of nitrogens with zero attached hydrogens (tertiary/aromatic N) is 3. The van der Waals surface area contributed by atoms with E-state index in [1.165, 1.54) is 0 Å². The van der Waals surface area contributed by atoms with Crippen LogP contribution in [-0.2, 0) is 29.5 Å². The van der Waals surface area contributed by atoms with Crippen molar-refractivity contribution in [3.63, 3.8) is 0 Å². The highest BCUT2D eigenvalue weighted by Crippen LogP contribution is 2.23. The van der Waals surface area contributed by atoms with Crippen LogP contribution in [0.3, 0.4) is 0 Å². The van der Waals surface area contributed by atoms with Gasteiger partial charge >= 0.3 is 0 Å². The SMILES string of the molecule is COCCn1cc(CC(=O)Nc2c(C)nn(C)c2C)c2ccccc21. The number of ether oxygens (including phenoxy) is 1. The summed E-state index contributed by atoms with van der Waals surface area (Å²) in [5.41, 5.74) is 4.72. The Balaban J connectivity index is 1.83. The highest BCUT2D eigenvalue weighted by atomic mass is 16.5. The van der Waals surface area contributed by atoms with Gasteiger partial charge in [-0.05, 0) is 25.5 Å². The van der Waals surface area contributed by atoms with E-state index >= 15 is 0 Å². The number of hydrogen-bond acceptors (Lipinski definition) is 3. The second-order valence-corrected chi connectivity index (χ2v) is 6.25. The molecule has 0 aliphatic heterocycles. The number of carbonyl (C=O) groups is 1. The maximum absolute atomic E-state index is 12.6. The molecule has 0 spiro atoms. The van der Waals surface area contributed by atoms with Gasteiger partial charge in [-0.2, -0.15) is 5.10 Å². The third kappa shape index (κ3) is 3.44. The van der Waals surface area contributed by atoms with Crippen LogP contribution in [0.5, 0.6) is 0 Å². The van der Waals surface area contributed by atoms with Crippen molar-refractivity contribution in [3.8, 4) is 0 Å². The lowest BCUT2D eigenvalue weighted by Gasteiger charge is -2.05. The number of para-hydroxylation sites is 1. The summed E-state index contributed by atoms with van der Waals surface area (Å²) in [6, 6.07) is 8.14. The molecule has 132 valence electrons. The average Bonchev–Trinajstić information content (AvgIpc) is 3.05. The minimum atomic E-state index is -0.0335. The van der Waals surface area contributed by atoms with Gasteiger partial charge in [-0.1, -0.05) is 18.2 Å². The quantitative estimate of drug-likeness (QED) is 0.750. The molecule has 1 amide bonds. The summed E-state index contributed by atoms with van der Waals surface area (Å²) in [6.07, 6.45) is 2.38. The summed E-state index contributed by atoms with van der Waals surface area (Å²) in [6.45, 7) is 5.25. The van der Waals surface area contributed by atoms with Gasteiger partial charge in [-0.25, -0.2) is 0 Å². The first-order valence-electron chi connectivity index (χ1n) is 8.37. The lowest BCUT2D eigenvalue weighted by molar-refractivity contribution is -0.115. The summed E-state index contributed by atoms with van der Waals surface area (Å²) >= 11 is 0. The number of aryl methyl sites for hydroxylation is 2. The molecule has 0 bridgehead atoms. The van der Waals surface area contributed by atoms with E-state index in [0.29, 0.717) is 13.0 Å². The smallest absolute Gasteiger partial charge is 0.228 e. The number of amides is 1. The summed E-state index contributed by atoms with van der Waals surface area (Å²) in [5.74, 6) is -0.0335. The second kappa shape index (κ2) is 7.11. The number of methoxy groups -OCH3 is 1. The molecule has 0 aliphatic rings. The van der Waals surface area contributed by atoms with Crippen molar-refractivity contribution in [2.45, 2.75) is 26.8 Å².